The molecule has 88 valence electrons. The SMILES string of the molecule is CCC1CCC(C(CCC2CC2)NC)C1. The number of rotatable bonds is 6. The van der Waals surface area contributed by atoms with Gasteiger partial charge in [-0.2, -0.15) is 0 Å². The molecule has 2 rings (SSSR count). The molecule has 2 fully saturated rings. The highest BCUT2D eigenvalue weighted by Crippen LogP contribution is 2.39. The van der Waals surface area contributed by atoms with Crippen molar-refractivity contribution in [1.29, 1.82) is 0 Å². The van der Waals surface area contributed by atoms with E-state index in [0.717, 1.165) is 23.8 Å². The van der Waals surface area contributed by atoms with Crippen LogP contribution in [0, 0.1) is 17.8 Å². The Bertz CT molecular complexity index is 186. The van der Waals surface area contributed by atoms with Gasteiger partial charge in [0.05, 0.1) is 0 Å². The van der Waals surface area contributed by atoms with Crippen molar-refractivity contribution in [2.45, 2.75) is 64.3 Å². The molecule has 2 aliphatic rings. The average molecular weight is 209 g/mol. The lowest BCUT2D eigenvalue weighted by Crippen LogP contribution is -2.32. The minimum Gasteiger partial charge on any atom is -0.317 e. The summed E-state index contributed by atoms with van der Waals surface area (Å²) in [5.74, 6) is 3.12. The van der Waals surface area contributed by atoms with Crippen LogP contribution in [0.2, 0.25) is 0 Å². The fourth-order valence-corrected chi connectivity index (χ4v) is 3.29. The van der Waals surface area contributed by atoms with Gasteiger partial charge in [-0.3, -0.25) is 0 Å². The zero-order valence-electron chi connectivity index (χ0n) is 10.5. The first kappa shape index (κ1) is 11.4. The third-order valence-corrected chi connectivity index (χ3v) is 4.68. The third kappa shape index (κ3) is 3.21. The first-order chi connectivity index (χ1) is 7.33. The molecule has 0 saturated heterocycles. The summed E-state index contributed by atoms with van der Waals surface area (Å²) in [6.07, 6.45) is 11.8. The van der Waals surface area contributed by atoms with Crippen molar-refractivity contribution in [3.63, 3.8) is 0 Å². The van der Waals surface area contributed by atoms with Crippen LogP contribution in [-0.4, -0.2) is 13.1 Å². The maximum absolute atomic E-state index is 3.57. The molecule has 2 aliphatic carbocycles. The first-order valence-corrected chi connectivity index (χ1v) is 7.00. The molecule has 2 saturated carbocycles. The predicted octanol–water partition coefficient (Wildman–Crippen LogP) is 3.59. The fourth-order valence-electron chi connectivity index (χ4n) is 3.29. The van der Waals surface area contributed by atoms with E-state index in [-0.39, 0.29) is 0 Å². The second-order valence-corrected chi connectivity index (χ2v) is 5.76. The molecule has 0 aromatic rings. The van der Waals surface area contributed by atoms with Crippen LogP contribution >= 0.6 is 0 Å². The Balaban J connectivity index is 1.73. The van der Waals surface area contributed by atoms with Crippen molar-refractivity contribution in [3.05, 3.63) is 0 Å². The summed E-state index contributed by atoms with van der Waals surface area (Å²) in [4.78, 5) is 0. The summed E-state index contributed by atoms with van der Waals surface area (Å²) in [7, 11) is 2.16. The third-order valence-electron chi connectivity index (χ3n) is 4.68. The summed E-state index contributed by atoms with van der Waals surface area (Å²) in [6.45, 7) is 2.35. The van der Waals surface area contributed by atoms with E-state index in [9.17, 15) is 0 Å². The number of hydrogen-bond acceptors (Lipinski definition) is 1. The molecule has 1 nitrogen and oxygen atoms in total. The van der Waals surface area contributed by atoms with E-state index in [1.54, 1.807) is 0 Å². The monoisotopic (exact) mass is 209 g/mol. The molecule has 0 aromatic heterocycles. The second kappa shape index (κ2) is 5.34. The van der Waals surface area contributed by atoms with E-state index in [0.29, 0.717) is 0 Å². The molecule has 1 N–H and O–H groups in total. The Kier molecular flexibility index (Phi) is 4.07. The Morgan fingerprint density at radius 1 is 1.13 bits per heavy atom. The van der Waals surface area contributed by atoms with Crippen LogP contribution in [-0.2, 0) is 0 Å². The van der Waals surface area contributed by atoms with Gasteiger partial charge in [-0.25, -0.2) is 0 Å². The molecule has 0 radical (unpaired) electrons. The van der Waals surface area contributed by atoms with Gasteiger partial charge in [0, 0.05) is 6.04 Å². The van der Waals surface area contributed by atoms with E-state index in [4.69, 9.17) is 0 Å². The largest absolute Gasteiger partial charge is 0.317 e. The number of hydrogen-bond donors (Lipinski definition) is 1. The molecular weight excluding hydrogens is 182 g/mol. The van der Waals surface area contributed by atoms with Gasteiger partial charge in [-0.15, -0.1) is 0 Å². The van der Waals surface area contributed by atoms with Crippen molar-refractivity contribution in [3.8, 4) is 0 Å². The fraction of sp³-hybridized carbons (Fsp3) is 1.00. The summed E-state index contributed by atoms with van der Waals surface area (Å²) in [5, 5.41) is 3.57. The van der Waals surface area contributed by atoms with Crippen molar-refractivity contribution in [2.24, 2.45) is 17.8 Å². The quantitative estimate of drug-likeness (QED) is 0.705. The molecule has 0 heterocycles. The highest BCUT2D eigenvalue weighted by atomic mass is 14.9. The van der Waals surface area contributed by atoms with E-state index in [1.165, 1.54) is 51.4 Å². The predicted molar refractivity (Wildman–Crippen MR) is 65.9 cm³/mol. The molecule has 0 amide bonds. The molecular formula is C14H27N. The minimum absolute atomic E-state index is 0.821. The van der Waals surface area contributed by atoms with Gasteiger partial charge in [-0.05, 0) is 50.5 Å². The highest BCUT2D eigenvalue weighted by Gasteiger charge is 2.30. The van der Waals surface area contributed by atoms with Gasteiger partial charge in [0.15, 0.2) is 0 Å². The lowest BCUT2D eigenvalue weighted by molar-refractivity contribution is 0.335. The Labute approximate surface area is 95.0 Å². The van der Waals surface area contributed by atoms with Crippen molar-refractivity contribution in [2.75, 3.05) is 7.05 Å². The summed E-state index contributed by atoms with van der Waals surface area (Å²) in [6, 6.07) is 0.821. The molecule has 0 aromatic carbocycles. The standard InChI is InChI=1S/C14H27N/c1-3-11-6-8-13(10-11)14(15-2)9-7-12-4-5-12/h11-15H,3-10H2,1-2H3. The van der Waals surface area contributed by atoms with Gasteiger partial charge in [0.1, 0.15) is 0 Å². The van der Waals surface area contributed by atoms with Gasteiger partial charge in [0.25, 0.3) is 0 Å². The summed E-state index contributed by atoms with van der Waals surface area (Å²) in [5.41, 5.74) is 0. The van der Waals surface area contributed by atoms with Crippen LogP contribution in [0.4, 0.5) is 0 Å². The van der Waals surface area contributed by atoms with Crippen LogP contribution in [0.25, 0.3) is 0 Å². The zero-order valence-corrected chi connectivity index (χ0v) is 10.5. The number of nitrogens with one attached hydrogen (secondary N) is 1. The van der Waals surface area contributed by atoms with Crippen LogP contribution in [0.15, 0.2) is 0 Å². The Morgan fingerprint density at radius 3 is 2.40 bits per heavy atom. The average Bonchev–Trinajstić information content (AvgIpc) is 2.96. The normalized spacial score (nSPS) is 33.2. The van der Waals surface area contributed by atoms with Crippen LogP contribution in [0.1, 0.15) is 58.3 Å². The maximum Gasteiger partial charge on any atom is 0.00925 e. The molecule has 15 heavy (non-hydrogen) atoms. The van der Waals surface area contributed by atoms with E-state index < -0.39 is 0 Å². The zero-order chi connectivity index (χ0) is 10.7. The van der Waals surface area contributed by atoms with Crippen molar-refractivity contribution >= 4 is 0 Å². The lowest BCUT2D eigenvalue weighted by Gasteiger charge is -2.23. The van der Waals surface area contributed by atoms with Crippen LogP contribution in [0.3, 0.4) is 0 Å². The van der Waals surface area contributed by atoms with Gasteiger partial charge in [0.2, 0.25) is 0 Å². The highest BCUT2D eigenvalue weighted by molar-refractivity contribution is 4.85. The van der Waals surface area contributed by atoms with Crippen LogP contribution in [0.5, 0.6) is 0 Å². The minimum atomic E-state index is 0.821. The smallest absolute Gasteiger partial charge is 0.00925 e. The van der Waals surface area contributed by atoms with Crippen molar-refractivity contribution in [1.82, 2.24) is 5.32 Å². The topological polar surface area (TPSA) is 12.0 Å². The Hall–Kier alpha value is -0.0400. The van der Waals surface area contributed by atoms with Crippen LogP contribution < -0.4 is 5.32 Å². The van der Waals surface area contributed by atoms with Crippen molar-refractivity contribution < 1.29 is 0 Å². The Morgan fingerprint density at radius 2 is 1.87 bits per heavy atom. The van der Waals surface area contributed by atoms with E-state index in [1.807, 2.05) is 0 Å². The summed E-state index contributed by atoms with van der Waals surface area (Å²) >= 11 is 0. The first-order valence-electron chi connectivity index (χ1n) is 7.00. The lowest BCUT2D eigenvalue weighted by atomic mass is 9.92. The van der Waals surface area contributed by atoms with Gasteiger partial charge >= 0.3 is 0 Å². The van der Waals surface area contributed by atoms with E-state index in [2.05, 4.69) is 19.3 Å². The molecule has 0 spiro atoms. The second-order valence-electron chi connectivity index (χ2n) is 5.76. The maximum atomic E-state index is 3.57. The molecule has 3 atom stereocenters. The molecule has 0 bridgehead atoms. The van der Waals surface area contributed by atoms with E-state index >= 15 is 0 Å². The summed E-state index contributed by atoms with van der Waals surface area (Å²) < 4.78 is 0. The molecule has 0 aliphatic heterocycles. The van der Waals surface area contributed by atoms with Gasteiger partial charge < -0.3 is 5.32 Å². The molecule has 3 unspecified atom stereocenters. The molecule has 1 heteroatoms. The van der Waals surface area contributed by atoms with Gasteiger partial charge in [-0.1, -0.05) is 32.6 Å².